The summed E-state index contributed by atoms with van der Waals surface area (Å²) in [7, 11) is -2.53. The van der Waals surface area contributed by atoms with Crippen molar-refractivity contribution in [2.45, 2.75) is 25.4 Å². The molecule has 39 heavy (non-hydrogen) atoms. The molecule has 0 spiro atoms. The van der Waals surface area contributed by atoms with Crippen LogP contribution in [-0.2, 0) is 0 Å². The van der Waals surface area contributed by atoms with Crippen LogP contribution in [0.4, 0.5) is 0 Å². The molecule has 0 saturated heterocycles. The zero-order valence-electron chi connectivity index (χ0n) is 22.3. The maximum absolute atomic E-state index is 2.53. The van der Waals surface area contributed by atoms with E-state index in [9.17, 15) is 0 Å². The van der Waals surface area contributed by atoms with Gasteiger partial charge in [-0.1, -0.05) is 0 Å². The zero-order chi connectivity index (χ0) is 26.2. The second-order valence-electron chi connectivity index (χ2n) is 10.8. The topological polar surface area (TPSA) is 0 Å². The summed E-state index contributed by atoms with van der Waals surface area (Å²) in [5.74, 6) is 0. The summed E-state index contributed by atoms with van der Waals surface area (Å²) in [4.78, 5) is 0. The molecule has 0 bridgehead atoms. The van der Waals surface area contributed by atoms with Crippen molar-refractivity contribution in [3.63, 3.8) is 0 Å². The minimum atomic E-state index is -2.53. The third kappa shape index (κ3) is 3.78. The summed E-state index contributed by atoms with van der Waals surface area (Å²) < 4.78 is 0. The van der Waals surface area contributed by atoms with Gasteiger partial charge in [-0.15, -0.1) is 0 Å². The molecule has 0 aliphatic heterocycles. The van der Waals surface area contributed by atoms with Crippen molar-refractivity contribution < 1.29 is 0 Å². The Hall–Kier alpha value is -3.99. The van der Waals surface area contributed by atoms with Crippen molar-refractivity contribution in [2.24, 2.45) is 0 Å². The van der Waals surface area contributed by atoms with E-state index in [0.29, 0.717) is 5.66 Å². The zero-order valence-corrected chi connectivity index (χ0v) is 23.3. The van der Waals surface area contributed by atoms with Gasteiger partial charge in [0.2, 0.25) is 0 Å². The Kier molecular flexibility index (Phi) is 6.15. The van der Waals surface area contributed by atoms with Gasteiger partial charge < -0.3 is 0 Å². The summed E-state index contributed by atoms with van der Waals surface area (Å²) in [5.41, 5.74) is 1.87. The SMILES string of the molecule is CCCC(c1ccc2ccc3cccc4ccc1c2c34)[PH](c1ccccc1)(c1ccccc1)c1ccccc1. The maximum atomic E-state index is 2.46. The first-order valence-corrected chi connectivity index (χ1v) is 16.2. The predicted octanol–water partition coefficient (Wildman–Crippen LogP) is 9.15. The van der Waals surface area contributed by atoms with Crippen LogP contribution >= 0.6 is 7.26 Å². The number of rotatable bonds is 7. The Balaban J connectivity index is 1.62. The average molecular weight is 521 g/mol. The van der Waals surface area contributed by atoms with E-state index in [1.54, 1.807) is 0 Å². The van der Waals surface area contributed by atoms with Gasteiger partial charge in [0.25, 0.3) is 0 Å². The Bertz CT molecular complexity index is 1740. The van der Waals surface area contributed by atoms with Crippen LogP contribution in [0.25, 0.3) is 32.3 Å². The molecule has 7 aromatic rings. The number of benzene rings is 7. The molecule has 0 aromatic heterocycles. The van der Waals surface area contributed by atoms with Crippen molar-refractivity contribution in [1.29, 1.82) is 0 Å². The van der Waals surface area contributed by atoms with Crippen LogP contribution in [0.5, 0.6) is 0 Å². The van der Waals surface area contributed by atoms with E-state index in [0.717, 1.165) is 12.8 Å². The van der Waals surface area contributed by atoms with E-state index in [1.807, 2.05) is 0 Å². The van der Waals surface area contributed by atoms with Crippen molar-refractivity contribution in [3.05, 3.63) is 151 Å². The van der Waals surface area contributed by atoms with Gasteiger partial charge in [0.05, 0.1) is 0 Å². The van der Waals surface area contributed by atoms with Crippen LogP contribution in [0, 0.1) is 0 Å². The minimum absolute atomic E-state index is 0.374. The van der Waals surface area contributed by atoms with Gasteiger partial charge in [-0.3, -0.25) is 0 Å². The molecule has 1 heteroatoms. The molecule has 0 heterocycles. The quantitative estimate of drug-likeness (QED) is 0.145. The summed E-state index contributed by atoms with van der Waals surface area (Å²) >= 11 is 0. The number of hydrogen-bond acceptors (Lipinski definition) is 0. The Morgan fingerprint density at radius 3 is 1.44 bits per heavy atom. The summed E-state index contributed by atoms with van der Waals surface area (Å²) in [6, 6.07) is 55.1. The van der Waals surface area contributed by atoms with Gasteiger partial charge in [-0.25, -0.2) is 0 Å². The van der Waals surface area contributed by atoms with Crippen LogP contribution in [0.1, 0.15) is 31.0 Å². The normalized spacial score (nSPS) is 13.3. The molecular formula is C38H33P. The standard InChI is InChI=1S/C38H33P/c1-2-13-36(34-26-24-30-23-22-28-14-12-15-29-25-27-35(34)38(30)37(28)29)39(31-16-6-3-7-17-31,32-18-8-4-9-19-32)33-20-10-5-11-21-33/h3-12,14-27,36,39H,2,13H2,1H3. The van der Waals surface area contributed by atoms with Gasteiger partial charge in [-0.05, 0) is 0 Å². The van der Waals surface area contributed by atoms with Gasteiger partial charge in [0, 0.05) is 0 Å². The van der Waals surface area contributed by atoms with E-state index in [4.69, 9.17) is 0 Å². The Morgan fingerprint density at radius 2 is 0.923 bits per heavy atom. The fourth-order valence-corrected chi connectivity index (χ4v) is 13.0. The molecule has 0 nitrogen and oxygen atoms in total. The van der Waals surface area contributed by atoms with Gasteiger partial charge in [0.1, 0.15) is 0 Å². The van der Waals surface area contributed by atoms with Crippen molar-refractivity contribution >= 4 is 55.5 Å². The second-order valence-corrected chi connectivity index (χ2v) is 14.8. The van der Waals surface area contributed by atoms with Crippen LogP contribution < -0.4 is 15.9 Å². The summed E-state index contributed by atoms with van der Waals surface area (Å²) in [6.45, 7) is 2.35. The fourth-order valence-electron chi connectivity index (χ4n) is 7.16. The van der Waals surface area contributed by atoms with Crippen LogP contribution in [-0.4, -0.2) is 0 Å². The second kappa shape index (κ2) is 9.96. The van der Waals surface area contributed by atoms with E-state index in [-0.39, 0.29) is 0 Å². The van der Waals surface area contributed by atoms with E-state index in [2.05, 4.69) is 153 Å². The molecule has 0 amide bonds. The fraction of sp³-hybridized carbons (Fsp3) is 0.105. The Morgan fingerprint density at radius 1 is 0.462 bits per heavy atom. The molecule has 0 aliphatic rings. The third-order valence-corrected chi connectivity index (χ3v) is 14.1. The van der Waals surface area contributed by atoms with E-state index >= 15 is 0 Å². The van der Waals surface area contributed by atoms with Crippen LogP contribution in [0.2, 0.25) is 0 Å². The van der Waals surface area contributed by atoms with Gasteiger partial charge in [0.15, 0.2) is 0 Å². The molecule has 0 aliphatic carbocycles. The molecule has 1 unspecified atom stereocenters. The molecule has 0 saturated carbocycles. The molecular weight excluding hydrogens is 487 g/mol. The summed E-state index contributed by atoms with van der Waals surface area (Å²) in [5, 5.41) is 12.6. The van der Waals surface area contributed by atoms with Crippen LogP contribution in [0.15, 0.2) is 146 Å². The third-order valence-electron chi connectivity index (χ3n) is 8.73. The van der Waals surface area contributed by atoms with Gasteiger partial charge >= 0.3 is 232 Å². The molecule has 0 radical (unpaired) electrons. The number of hydrogen-bond donors (Lipinski definition) is 0. The first-order chi connectivity index (χ1) is 19.3. The van der Waals surface area contributed by atoms with E-state index in [1.165, 1.54) is 53.8 Å². The van der Waals surface area contributed by atoms with Crippen LogP contribution in [0.3, 0.4) is 0 Å². The predicted molar refractivity (Wildman–Crippen MR) is 174 cm³/mol. The molecule has 1 atom stereocenters. The molecule has 7 aromatic carbocycles. The average Bonchev–Trinajstić information content (AvgIpc) is 3.01. The Labute approximate surface area is 231 Å². The monoisotopic (exact) mass is 520 g/mol. The van der Waals surface area contributed by atoms with Crippen molar-refractivity contribution in [1.82, 2.24) is 0 Å². The molecule has 0 fully saturated rings. The molecule has 7 rings (SSSR count). The van der Waals surface area contributed by atoms with Crippen molar-refractivity contribution in [3.8, 4) is 0 Å². The van der Waals surface area contributed by atoms with Gasteiger partial charge in [-0.2, -0.15) is 0 Å². The van der Waals surface area contributed by atoms with Crippen molar-refractivity contribution in [2.75, 3.05) is 0 Å². The first-order valence-electron chi connectivity index (χ1n) is 14.2. The molecule has 190 valence electrons. The first kappa shape index (κ1) is 24.1. The van der Waals surface area contributed by atoms with E-state index < -0.39 is 7.26 Å². The summed E-state index contributed by atoms with van der Waals surface area (Å²) in [6.07, 6.45) is 2.27. The molecule has 0 N–H and O–H groups in total.